The predicted octanol–water partition coefficient (Wildman–Crippen LogP) is 4.15. The van der Waals surface area contributed by atoms with Crippen molar-refractivity contribution in [1.82, 2.24) is 9.55 Å². The summed E-state index contributed by atoms with van der Waals surface area (Å²) in [5.41, 5.74) is 10.7. The Hall–Kier alpha value is -3.06. The number of hydrogen-bond acceptors (Lipinski definition) is 3. The number of nitrogen functional groups attached to an aromatic ring is 1. The van der Waals surface area contributed by atoms with Crippen molar-refractivity contribution in [2.75, 3.05) is 5.73 Å². The van der Waals surface area contributed by atoms with Gasteiger partial charge in [-0.3, -0.25) is 0 Å². The van der Waals surface area contributed by atoms with Crippen LogP contribution in [0.3, 0.4) is 0 Å². The van der Waals surface area contributed by atoms with Crippen LogP contribution >= 0.6 is 0 Å². The highest BCUT2D eigenvalue weighted by atomic mass is 15.2. The number of anilines is 1. The number of benzene rings is 2. The molecule has 1 aromatic heterocycles. The average Bonchev–Trinajstić information content (AvgIpc) is 2.88. The van der Waals surface area contributed by atoms with Gasteiger partial charge in [-0.05, 0) is 42.7 Å². The molecule has 0 saturated carbocycles. The smallest absolute Gasteiger partial charge is 0.201 e. The zero-order valence-electron chi connectivity index (χ0n) is 13.2. The Labute approximate surface area is 135 Å². The summed E-state index contributed by atoms with van der Waals surface area (Å²) >= 11 is 0. The minimum absolute atomic E-state index is 0.245. The van der Waals surface area contributed by atoms with Gasteiger partial charge in [-0.2, -0.15) is 5.26 Å². The standard InChI is InChI=1S/C19H18N4/c1-13(2)23-18-9-8-15(12-17(18)22-19(23)21)16(10-11-20)14-6-4-3-5-7-14/h3-10,12-13H,1-2H3,(H2,21,22)/b16-10-. The molecule has 0 unspecified atom stereocenters. The van der Waals surface area contributed by atoms with Crippen molar-refractivity contribution >= 4 is 22.6 Å². The normalized spacial score (nSPS) is 11.8. The van der Waals surface area contributed by atoms with Crippen LogP contribution in [0.2, 0.25) is 0 Å². The molecular weight excluding hydrogens is 284 g/mol. The lowest BCUT2D eigenvalue weighted by Crippen LogP contribution is -2.05. The molecule has 0 amide bonds. The fourth-order valence-corrected chi connectivity index (χ4v) is 2.84. The third-order valence-electron chi connectivity index (χ3n) is 3.84. The van der Waals surface area contributed by atoms with E-state index in [0.717, 1.165) is 27.7 Å². The van der Waals surface area contributed by atoms with E-state index in [9.17, 15) is 0 Å². The second-order valence-electron chi connectivity index (χ2n) is 5.69. The van der Waals surface area contributed by atoms with E-state index in [-0.39, 0.29) is 6.04 Å². The van der Waals surface area contributed by atoms with Gasteiger partial charge in [0.25, 0.3) is 0 Å². The molecule has 0 saturated heterocycles. The maximum absolute atomic E-state index is 9.13. The lowest BCUT2D eigenvalue weighted by Gasteiger charge is -2.11. The fourth-order valence-electron chi connectivity index (χ4n) is 2.84. The van der Waals surface area contributed by atoms with Crippen molar-refractivity contribution in [3.63, 3.8) is 0 Å². The number of nitrogens with zero attached hydrogens (tertiary/aromatic N) is 3. The molecule has 3 aromatic rings. The molecule has 0 spiro atoms. The van der Waals surface area contributed by atoms with Gasteiger partial charge < -0.3 is 10.3 Å². The van der Waals surface area contributed by atoms with E-state index >= 15 is 0 Å². The van der Waals surface area contributed by atoms with E-state index < -0.39 is 0 Å². The molecule has 0 aliphatic rings. The lowest BCUT2D eigenvalue weighted by atomic mass is 9.97. The highest BCUT2D eigenvalue weighted by Crippen LogP contribution is 2.28. The summed E-state index contributed by atoms with van der Waals surface area (Å²) in [6.07, 6.45) is 1.57. The molecule has 2 aromatic carbocycles. The van der Waals surface area contributed by atoms with E-state index in [0.29, 0.717) is 5.95 Å². The molecule has 4 heteroatoms. The SMILES string of the molecule is CC(C)n1c(N)nc2cc(/C(=C\C#N)c3ccccc3)ccc21. The van der Waals surface area contributed by atoms with Crippen LogP contribution in [0.15, 0.2) is 54.6 Å². The number of imidazole rings is 1. The molecule has 23 heavy (non-hydrogen) atoms. The van der Waals surface area contributed by atoms with Gasteiger partial charge in [0.2, 0.25) is 5.95 Å². The quantitative estimate of drug-likeness (QED) is 0.739. The lowest BCUT2D eigenvalue weighted by molar-refractivity contribution is 0.627. The molecule has 3 rings (SSSR count). The molecule has 2 N–H and O–H groups in total. The van der Waals surface area contributed by atoms with Gasteiger partial charge in [0.15, 0.2) is 0 Å². The highest BCUT2D eigenvalue weighted by Gasteiger charge is 2.13. The Kier molecular flexibility index (Phi) is 3.86. The zero-order valence-corrected chi connectivity index (χ0v) is 13.2. The number of nitrogens with two attached hydrogens (primary N) is 1. The predicted molar refractivity (Wildman–Crippen MR) is 93.7 cm³/mol. The van der Waals surface area contributed by atoms with Gasteiger partial charge in [-0.1, -0.05) is 36.4 Å². The van der Waals surface area contributed by atoms with Gasteiger partial charge in [0.05, 0.1) is 17.1 Å². The average molecular weight is 302 g/mol. The van der Waals surface area contributed by atoms with Crippen LogP contribution in [-0.2, 0) is 0 Å². The molecule has 0 bridgehead atoms. The second kappa shape index (κ2) is 5.98. The maximum atomic E-state index is 9.13. The highest BCUT2D eigenvalue weighted by molar-refractivity contribution is 5.88. The first-order chi connectivity index (χ1) is 11.1. The summed E-state index contributed by atoms with van der Waals surface area (Å²) in [5.74, 6) is 0.512. The molecule has 1 heterocycles. The van der Waals surface area contributed by atoms with Crippen LogP contribution in [0.5, 0.6) is 0 Å². The number of nitriles is 1. The van der Waals surface area contributed by atoms with Crippen molar-refractivity contribution in [1.29, 1.82) is 5.26 Å². The summed E-state index contributed by atoms with van der Waals surface area (Å²) in [4.78, 5) is 4.46. The monoisotopic (exact) mass is 302 g/mol. The van der Waals surface area contributed by atoms with Crippen molar-refractivity contribution in [2.45, 2.75) is 19.9 Å². The molecule has 4 nitrogen and oxygen atoms in total. The maximum Gasteiger partial charge on any atom is 0.201 e. The van der Waals surface area contributed by atoms with Crippen molar-refractivity contribution in [2.24, 2.45) is 0 Å². The molecule has 0 aliphatic carbocycles. The molecule has 0 fully saturated rings. The fraction of sp³-hybridized carbons (Fsp3) is 0.158. The van der Waals surface area contributed by atoms with Crippen LogP contribution in [0.4, 0.5) is 5.95 Å². The minimum Gasteiger partial charge on any atom is -0.369 e. The van der Waals surface area contributed by atoms with Gasteiger partial charge >= 0.3 is 0 Å². The molecular formula is C19H18N4. The van der Waals surface area contributed by atoms with Gasteiger partial charge in [0, 0.05) is 12.1 Å². The van der Waals surface area contributed by atoms with Gasteiger partial charge in [0.1, 0.15) is 0 Å². The summed E-state index contributed by atoms with van der Waals surface area (Å²) < 4.78 is 2.01. The Morgan fingerprint density at radius 3 is 2.57 bits per heavy atom. The van der Waals surface area contributed by atoms with Crippen molar-refractivity contribution in [3.8, 4) is 6.07 Å². The summed E-state index contributed by atoms with van der Waals surface area (Å²) in [6, 6.07) is 18.3. The summed E-state index contributed by atoms with van der Waals surface area (Å²) in [7, 11) is 0. The van der Waals surface area contributed by atoms with Gasteiger partial charge in [-0.15, -0.1) is 0 Å². The largest absolute Gasteiger partial charge is 0.369 e. The molecule has 0 aliphatic heterocycles. The van der Waals surface area contributed by atoms with E-state index in [4.69, 9.17) is 11.0 Å². The molecule has 0 radical (unpaired) electrons. The first-order valence-corrected chi connectivity index (χ1v) is 7.55. The summed E-state index contributed by atoms with van der Waals surface area (Å²) in [6.45, 7) is 4.16. The van der Waals surface area contributed by atoms with E-state index in [2.05, 4.69) is 24.9 Å². The topological polar surface area (TPSA) is 67.6 Å². The Morgan fingerprint density at radius 1 is 1.17 bits per heavy atom. The van der Waals surface area contributed by atoms with Crippen molar-refractivity contribution in [3.05, 3.63) is 65.7 Å². The van der Waals surface area contributed by atoms with Crippen LogP contribution in [0.25, 0.3) is 16.6 Å². The zero-order chi connectivity index (χ0) is 16.4. The number of allylic oxidation sites excluding steroid dienone is 1. The first-order valence-electron chi connectivity index (χ1n) is 7.55. The number of aromatic nitrogens is 2. The third kappa shape index (κ3) is 2.69. The van der Waals surface area contributed by atoms with Crippen LogP contribution in [0, 0.1) is 11.3 Å². The van der Waals surface area contributed by atoms with E-state index in [1.807, 2.05) is 53.1 Å². The van der Waals surface area contributed by atoms with E-state index in [1.54, 1.807) is 6.08 Å². The Morgan fingerprint density at radius 2 is 1.91 bits per heavy atom. The Balaban J connectivity index is 2.16. The van der Waals surface area contributed by atoms with Crippen LogP contribution in [0.1, 0.15) is 31.0 Å². The van der Waals surface area contributed by atoms with Crippen LogP contribution in [-0.4, -0.2) is 9.55 Å². The Bertz CT molecular complexity index is 912. The first kappa shape index (κ1) is 14.9. The second-order valence-corrected chi connectivity index (χ2v) is 5.69. The number of fused-ring (bicyclic) bond motifs is 1. The van der Waals surface area contributed by atoms with Crippen LogP contribution < -0.4 is 5.73 Å². The number of rotatable bonds is 3. The minimum atomic E-state index is 0.245. The number of hydrogen-bond donors (Lipinski definition) is 1. The van der Waals surface area contributed by atoms with E-state index in [1.165, 1.54) is 0 Å². The third-order valence-corrected chi connectivity index (χ3v) is 3.84. The van der Waals surface area contributed by atoms with Gasteiger partial charge in [-0.25, -0.2) is 4.98 Å². The molecule has 114 valence electrons. The van der Waals surface area contributed by atoms with Crippen molar-refractivity contribution < 1.29 is 0 Å². The summed E-state index contributed by atoms with van der Waals surface area (Å²) in [5, 5.41) is 9.13. The molecule has 0 atom stereocenters.